The van der Waals surface area contributed by atoms with Crippen LogP contribution in [0.5, 0.6) is 0 Å². The second-order valence-corrected chi connectivity index (χ2v) is 4.43. The van der Waals surface area contributed by atoms with Crippen molar-refractivity contribution in [2.75, 3.05) is 0 Å². The van der Waals surface area contributed by atoms with Crippen molar-refractivity contribution in [1.82, 2.24) is 10.2 Å². The lowest BCUT2D eigenvalue weighted by Crippen LogP contribution is -2.05. The Hall–Kier alpha value is -2.30. The molecule has 2 rings (SSSR count). The van der Waals surface area contributed by atoms with Crippen LogP contribution in [0.1, 0.15) is 35.8 Å². The van der Waals surface area contributed by atoms with Gasteiger partial charge in [-0.25, -0.2) is 4.79 Å². The largest absolute Gasteiger partial charge is 0.477 e. The fraction of sp³-hybridized carbons (Fsp3) is 0.286. The van der Waals surface area contributed by atoms with Crippen molar-refractivity contribution < 1.29 is 9.90 Å². The van der Waals surface area contributed by atoms with Crippen LogP contribution in [-0.2, 0) is 6.42 Å². The van der Waals surface area contributed by atoms with Crippen molar-refractivity contribution in [1.29, 1.82) is 0 Å². The molecule has 0 amide bonds. The van der Waals surface area contributed by atoms with Crippen molar-refractivity contribution >= 4 is 5.97 Å². The van der Waals surface area contributed by atoms with Gasteiger partial charge in [0.2, 0.25) is 0 Å². The van der Waals surface area contributed by atoms with Crippen molar-refractivity contribution in [3.05, 3.63) is 45.9 Å². The first-order valence-electron chi connectivity index (χ1n) is 6.26. The number of benzene rings is 1. The molecule has 1 heterocycles. The molecule has 1 aromatic heterocycles. The van der Waals surface area contributed by atoms with Gasteiger partial charge < -0.3 is 5.11 Å². The number of hydrogen-bond acceptors (Lipinski definition) is 2. The van der Waals surface area contributed by atoms with E-state index in [1.54, 1.807) is 12.1 Å². The summed E-state index contributed by atoms with van der Waals surface area (Å²) < 4.78 is 0. The third kappa shape index (κ3) is 2.76. The maximum Gasteiger partial charge on any atom is 0.354 e. The zero-order valence-electron chi connectivity index (χ0n) is 10.7. The van der Waals surface area contributed by atoms with E-state index in [1.807, 2.05) is 12.1 Å². The zero-order valence-corrected chi connectivity index (χ0v) is 10.7. The quantitative estimate of drug-likeness (QED) is 0.771. The number of nitrogens with one attached hydrogen (secondary N) is 2. The van der Waals surface area contributed by atoms with Gasteiger partial charge in [0.25, 0.3) is 5.56 Å². The number of unbranched alkanes of at least 4 members (excludes halogenated alkanes) is 1. The molecule has 0 saturated carbocycles. The number of rotatable bonds is 5. The first-order valence-corrected chi connectivity index (χ1v) is 6.26. The molecule has 100 valence electrons. The van der Waals surface area contributed by atoms with Crippen LogP contribution in [0.15, 0.2) is 29.1 Å². The van der Waals surface area contributed by atoms with E-state index in [9.17, 15) is 9.59 Å². The molecular weight excluding hydrogens is 244 g/mol. The molecule has 3 N–H and O–H groups in total. The molecule has 5 nitrogen and oxygen atoms in total. The van der Waals surface area contributed by atoms with Crippen molar-refractivity contribution in [2.45, 2.75) is 26.2 Å². The molecule has 0 fully saturated rings. The van der Waals surface area contributed by atoms with Gasteiger partial charge in [-0.3, -0.25) is 15.0 Å². The molecule has 0 aliphatic carbocycles. The Morgan fingerprint density at radius 3 is 2.47 bits per heavy atom. The molecule has 0 saturated heterocycles. The van der Waals surface area contributed by atoms with Gasteiger partial charge in [-0.15, -0.1) is 0 Å². The smallest absolute Gasteiger partial charge is 0.354 e. The molecular formula is C14H16N2O3. The number of aromatic amines is 2. The highest BCUT2D eigenvalue weighted by Gasteiger charge is 2.17. The molecule has 19 heavy (non-hydrogen) atoms. The highest BCUT2D eigenvalue weighted by Crippen LogP contribution is 2.19. The molecule has 5 heteroatoms. The highest BCUT2D eigenvalue weighted by atomic mass is 16.4. The summed E-state index contributed by atoms with van der Waals surface area (Å²) >= 11 is 0. The van der Waals surface area contributed by atoms with E-state index in [1.165, 1.54) is 5.56 Å². The van der Waals surface area contributed by atoms with E-state index in [2.05, 4.69) is 17.1 Å². The Balaban J connectivity index is 2.35. The SMILES string of the molecule is CCCCc1ccc(-c2c(C(=O)O)[nH][nH]c2=O)cc1. The van der Waals surface area contributed by atoms with Gasteiger partial charge in [-0.1, -0.05) is 37.6 Å². The summed E-state index contributed by atoms with van der Waals surface area (Å²) in [6.07, 6.45) is 3.24. The fourth-order valence-corrected chi connectivity index (χ4v) is 2.01. The van der Waals surface area contributed by atoms with Crippen LogP contribution in [0.4, 0.5) is 0 Å². The number of carboxylic acid groups (broad SMARTS) is 1. The Morgan fingerprint density at radius 1 is 1.21 bits per heavy atom. The van der Waals surface area contributed by atoms with Crippen molar-refractivity contribution in [2.24, 2.45) is 0 Å². The minimum atomic E-state index is -1.15. The first-order chi connectivity index (χ1) is 9.13. The minimum Gasteiger partial charge on any atom is -0.477 e. The average Bonchev–Trinajstić information content (AvgIpc) is 2.79. The molecule has 0 aliphatic heterocycles. The monoisotopic (exact) mass is 260 g/mol. The third-order valence-electron chi connectivity index (χ3n) is 3.05. The second-order valence-electron chi connectivity index (χ2n) is 4.43. The van der Waals surface area contributed by atoms with Crippen LogP contribution >= 0.6 is 0 Å². The topological polar surface area (TPSA) is 85.9 Å². The van der Waals surface area contributed by atoms with Crippen molar-refractivity contribution in [3.63, 3.8) is 0 Å². The van der Waals surface area contributed by atoms with Crippen LogP contribution in [-0.4, -0.2) is 21.3 Å². The van der Waals surface area contributed by atoms with Gasteiger partial charge in [0.1, 0.15) is 0 Å². The summed E-state index contributed by atoms with van der Waals surface area (Å²) in [4.78, 5) is 22.7. The van der Waals surface area contributed by atoms with Crippen molar-refractivity contribution in [3.8, 4) is 11.1 Å². The number of aromatic nitrogens is 2. The fourth-order valence-electron chi connectivity index (χ4n) is 2.01. The molecule has 0 unspecified atom stereocenters. The summed E-state index contributed by atoms with van der Waals surface area (Å²) in [5.41, 5.74) is 1.45. The lowest BCUT2D eigenvalue weighted by Gasteiger charge is -2.02. The summed E-state index contributed by atoms with van der Waals surface area (Å²) in [7, 11) is 0. The molecule has 0 atom stereocenters. The van der Waals surface area contributed by atoms with E-state index < -0.39 is 11.5 Å². The lowest BCUT2D eigenvalue weighted by molar-refractivity contribution is 0.0691. The standard InChI is InChI=1S/C14H16N2O3/c1-2-3-4-9-5-7-10(8-6-9)11-12(14(18)19)15-16-13(11)17/h5-8H,2-4H2,1H3,(H,18,19)(H2,15,16,17). The number of H-pyrrole nitrogens is 2. The molecule has 0 aliphatic rings. The van der Waals surface area contributed by atoms with E-state index in [-0.39, 0.29) is 11.3 Å². The van der Waals surface area contributed by atoms with E-state index in [0.717, 1.165) is 19.3 Å². The van der Waals surface area contributed by atoms with Gasteiger partial charge in [-0.05, 0) is 24.0 Å². The number of aryl methyl sites for hydroxylation is 1. The maximum absolute atomic E-state index is 11.7. The molecule has 2 aromatic rings. The Kier molecular flexibility index (Phi) is 3.85. The van der Waals surface area contributed by atoms with Gasteiger partial charge in [0.05, 0.1) is 5.56 Å². The Labute approximate surface area is 110 Å². The number of carbonyl (C=O) groups is 1. The highest BCUT2D eigenvalue weighted by molar-refractivity contribution is 5.93. The molecule has 0 bridgehead atoms. The third-order valence-corrected chi connectivity index (χ3v) is 3.05. The average molecular weight is 260 g/mol. The number of hydrogen-bond donors (Lipinski definition) is 3. The van der Waals surface area contributed by atoms with Gasteiger partial charge in [-0.2, -0.15) is 0 Å². The Morgan fingerprint density at radius 2 is 1.89 bits per heavy atom. The summed E-state index contributed by atoms with van der Waals surface area (Å²) in [6.45, 7) is 2.13. The summed E-state index contributed by atoms with van der Waals surface area (Å²) in [5.74, 6) is -1.15. The van der Waals surface area contributed by atoms with Gasteiger partial charge in [0.15, 0.2) is 5.69 Å². The molecule has 0 spiro atoms. The first kappa shape index (κ1) is 13.1. The van der Waals surface area contributed by atoms with E-state index in [0.29, 0.717) is 5.56 Å². The molecule has 0 radical (unpaired) electrons. The summed E-state index contributed by atoms with van der Waals surface area (Å²) in [6, 6.07) is 7.44. The minimum absolute atomic E-state index is 0.105. The van der Waals surface area contributed by atoms with Crippen LogP contribution in [0.25, 0.3) is 11.1 Å². The molecule has 1 aromatic carbocycles. The predicted octanol–water partition coefficient (Wildman–Crippen LogP) is 2.41. The van der Waals surface area contributed by atoms with E-state index in [4.69, 9.17) is 5.11 Å². The van der Waals surface area contributed by atoms with Crippen LogP contribution < -0.4 is 5.56 Å². The van der Waals surface area contributed by atoms with E-state index >= 15 is 0 Å². The Bertz CT molecular complexity index is 623. The van der Waals surface area contributed by atoms with Gasteiger partial charge in [0, 0.05) is 0 Å². The number of carboxylic acids is 1. The lowest BCUT2D eigenvalue weighted by atomic mass is 10.0. The normalized spacial score (nSPS) is 10.6. The summed E-state index contributed by atoms with van der Waals surface area (Å²) in [5, 5.41) is 13.7. The van der Waals surface area contributed by atoms with Crippen LogP contribution in [0.2, 0.25) is 0 Å². The van der Waals surface area contributed by atoms with Gasteiger partial charge >= 0.3 is 5.97 Å². The maximum atomic E-state index is 11.7. The van der Waals surface area contributed by atoms with Crippen LogP contribution in [0, 0.1) is 0 Å². The predicted molar refractivity (Wildman–Crippen MR) is 72.4 cm³/mol. The zero-order chi connectivity index (χ0) is 13.8. The second kappa shape index (κ2) is 5.56. The van der Waals surface area contributed by atoms with Crippen LogP contribution in [0.3, 0.4) is 0 Å². The number of aromatic carboxylic acids is 1.